The molecule has 2 aromatic heterocycles. The number of aromatic amines is 1. The zero-order valence-corrected chi connectivity index (χ0v) is 12.0. The predicted molar refractivity (Wildman–Crippen MR) is 85.3 cm³/mol. The summed E-state index contributed by atoms with van der Waals surface area (Å²) in [6.45, 7) is 0. The summed E-state index contributed by atoms with van der Waals surface area (Å²) >= 11 is 1.67. The molecule has 0 radical (unpaired) electrons. The number of hydrogen-bond acceptors (Lipinski definition) is 3. The van der Waals surface area contributed by atoms with Crippen LogP contribution in [0.1, 0.15) is 25.7 Å². The summed E-state index contributed by atoms with van der Waals surface area (Å²) in [4.78, 5) is 7.91. The standard InChI is InChI=1S/C16H17N3S/c1-2-6-12(5-1)18-13-7-3-4-11-10-14(19-15(11)13)16-17-8-9-20-16/h3-4,7-10,12,18-19H,1-2,5-6H2. The molecule has 0 atom stereocenters. The molecule has 1 aliphatic carbocycles. The van der Waals surface area contributed by atoms with Crippen molar-refractivity contribution in [2.24, 2.45) is 0 Å². The number of benzene rings is 1. The smallest absolute Gasteiger partial charge is 0.139 e. The van der Waals surface area contributed by atoms with Gasteiger partial charge in [0.05, 0.1) is 16.9 Å². The lowest BCUT2D eigenvalue weighted by Gasteiger charge is -2.14. The molecule has 3 nitrogen and oxygen atoms in total. The van der Waals surface area contributed by atoms with E-state index in [-0.39, 0.29) is 0 Å². The second kappa shape index (κ2) is 4.94. The first-order valence-corrected chi connectivity index (χ1v) is 8.06. The molecule has 0 amide bonds. The fourth-order valence-electron chi connectivity index (χ4n) is 3.04. The third-order valence-corrected chi connectivity index (χ3v) is 4.84. The third kappa shape index (κ3) is 2.10. The molecule has 1 saturated carbocycles. The van der Waals surface area contributed by atoms with Gasteiger partial charge in [-0.15, -0.1) is 11.3 Å². The van der Waals surface area contributed by atoms with Gasteiger partial charge >= 0.3 is 0 Å². The fraction of sp³-hybridized carbons (Fsp3) is 0.312. The number of hydrogen-bond donors (Lipinski definition) is 2. The molecule has 2 N–H and O–H groups in total. The van der Waals surface area contributed by atoms with Crippen LogP contribution in [0.2, 0.25) is 0 Å². The number of nitrogens with one attached hydrogen (secondary N) is 2. The lowest BCUT2D eigenvalue weighted by Crippen LogP contribution is -2.14. The molecule has 0 unspecified atom stereocenters. The summed E-state index contributed by atoms with van der Waals surface area (Å²) in [5.74, 6) is 0. The van der Waals surface area contributed by atoms with Crippen LogP contribution in [0.15, 0.2) is 35.8 Å². The third-order valence-electron chi connectivity index (χ3n) is 4.03. The molecule has 1 aliphatic rings. The number of fused-ring (bicyclic) bond motifs is 1. The Morgan fingerprint density at radius 1 is 1.25 bits per heavy atom. The van der Waals surface area contributed by atoms with Crippen molar-refractivity contribution in [3.63, 3.8) is 0 Å². The summed E-state index contributed by atoms with van der Waals surface area (Å²) in [7, 11) is 0. The van der Waals surface area contributed by atoms with Gasteiger partial charge in [-0.1, -0.05) is 25.0 Å². The number of rotatable bonds is 3. The highest BCUT2D eigenvalue weighted by Crippen LogP contribution is 2.31. The molecule has 102 valence electrons. The van der Waals surface area contributed by atoms with Crippen LogP contribution in [0.5, 0.6) is 0 Å². The molecule has 0 saturated heterocycles. The lowest BCUT2D eigenvalue weighted by molar-refractivity contribution is 0.756. The first-order chi connectivity index (χ1) is 9.90. The monoisotopic (exact) mass is 283 g/mol. The highest BCUT2D eigenvalue weighted by Gasteiger charge is 2.16. The molecule has 0 spiro atoms. The Labute approximate surface area is 122 Å². The lowest BCUT2D eigenvalue weighted by atomic mass is 10.2. The van der Waals surface area contributed by atoms with E-state index in [1.165, 1.54) is 42.3 Å². The molecule has 1 aromatic carbocycles. The van der Waals surface area contributed by atoms with E-state index >= 15 is 0 Å². The van der Waals surface area contributed by atoms with E-state index in [0.717, 1.165) is 10.7 Å². The fourth-order valence-corrected chi connectivity index (χ4v) is 3.65. The van der Waals surface area contributed by atoms with Gasteiger partial charge in [-0.2, -0.15) is 0 Å². The number of para-hydroxylation sites is 1. The highest BCUT2D eigenvalue weighted by atomic mass is 32.1. The van der Waals surface area contributed by atoms with E-state index in [4.69, 9.17) is 0 Å². The number of aromatic nitrogens is 2. The van der Waals surface area contributed by atoms with E-state index in [1.807, 2.05) is 11.6 Å². The average molecular weight is 283 g/mol. The van der Waals surface area contributed by atoms with Gasteiger partial charge in [0.15, 0.2) is 0 Å². The number of nitrogens with zero attached hydrogens (tertiary/aromatic N) is 1. The quantitative estimate of drug-likeness (QED) is 0.734. The number of H-pyrrole nitrogens is 1. The number of thiazole rings is 1. The van der Waals surface area contributed by atoms with Gasteiger partial charge in [0.2, 0.25) is 0 Å². The zero-order chi connectivity index (χ0) is 13.4. The molecule has 2 heterocycles. The second-order valence-electron chi connectivity index (χ2n) is 5.42. The first kappa shape index (κ1) is 12.0. The summed E-state index contributed by atoms with van der Waals surface area (Å²) in [5.41, 5.74) is 3.53. The van der Waals surface area contributed by atoms with Crippen molar-refractivity contribution in [1.82, 2.24) is 9.97 Å². The van der Waals surface area contributed by atoms with Crippen LogP contribution in [0.3, 0.4) is 0 Å². The normalized spacial score (nSPS) is 16.0. The van der Waals surface area contributed by atoms with Crippen molar-refractivity contribution >= 4 is 27.9 Å². The van der Waals surface area contributed by atoms with Gasteiger partial charge < -0.3 is 10.3 Å². The Morgan fingerprint density at radius 3 is 2.95 bits per heavy atom. The Balaban J connectivity index is 1.73. The van der Waals surface area contributed by atoms with Crippen LogP contribution in [0, 0.1) is 0 Å². The first-order valence-electron chi connectivity index (χ1n) is 7.18. The Hall–Kier alpha value is -1.81. The van der Waals surface area contributed by atoms with Crippen molar-refractivity contribution in [2.45, 2.75) is 31.7 Å². The average Bonchev–Trinajstić information content (AvgIpc) is 3.20. The summed E-state index contributed by atoms with van der Waals surface area (Å²) in [6.07, 6.45) is 7.13. The van der Waals surface area contributed by atoms with Crippen molar-refractivity contribution in [3.05, 3.63) is 35.8 Å². The molecular weight excluding hydrogens is 266 g/mol. The summed E-state index contributed by atoms with van der Waals surface area (Å²) in [6, 6.07) is 9.27. The van der Waals surface area contributed by atoms with Crippen molar-refractivity contribution < 1.29 is 0 Å². The van der Waals surface area contributed by atoms with Crippen LogP contribution in [-0.4, -0.2) is 16.0 Å². The van der Waals surface area contributed by atoms with Crippen LogP contribution in [0.4, 0.5) is 5.69 Å². The number of anilines is 1. The van der Waals surface area contributed by atoms with Crippen molar-refractivity contribution in [3.8, 4) is 10.7 Å². The highest BCUT2D eigenvalue weighted by molar-refractivity contribution is 7.13. The SMILES string of the molecule is c1cc(NC2CCCC2)c2[nH]c(-c3nccs3)cc2c1. The maximum absolute atomic E-state index is 4.38. The van der Waals surface area contributed by atoms with Gasteiger partial charge in [0.25, 0.3) is 0 Å². The van der Waals surface area contributed by atoms with Crippen LogP contribution in [-0.2, 0) is 0 Å². The van der Waals surface area contributed by atoms with E-state index in [9.17, 15) is 0 Å². The molecule has 3 aromatic rings. The van der Waals surface area contributed by atoms with E-state index < -0.39 is 0 Å². The van der Waals surface area contributed by atoms with Crippen LogP contribution in [0.25, 0.3) is 21.6 Å². The minimum Gasteiger partial charge on any atom is -0.381 e. The molecule has 0 aliphatic heterocycles. The predicted octanol–water partition coefficient (Wildman–Crippen LogP) is 4.65. The van der Waals surface area contributed by atoms with E-state index in [1.54, 1.807) is 11.3 Å². The largest absolute Gasteiger partial charge is 0.381 e. The Kier molecular flexibility index (Phi) is 2.96. The molecule has 1 fully saturated rings. The zero-order valence-electron chi connectivity index (χ0n) is 11.2. The second-order valence-corrected chi connectivity index (χ2v) is 6.31. The Morgan fingerprint density at radius 2 is 2.15 bits per heavy atom. The molecule has 20 heavy (non-hydrogen) atoms. The minimum atomic E-state index is 0.632. The summed E-state index contributed by atoms with van der Waals surface area (Å²) < 4.78 is 0. The molecule has 0 bridgehead atoms. The molecule has 4 heteroatoms. The summed E-state index contributed by atoms with van der Waals surface area (Å²) in [5, 5.41) is 8.00. The van der Waals surface area contributed by atoms with E-state index in [0.29, 0.717) is 6.04 Å². The molecule has 4 rings (SSSR count). The minimum absolute atomic E-state index is 0.632. The van der Waals surface area contributed by atoms with Crippen LogP contribution < -0.4 is 5.32 Å². The van der Waals surface area contributed by atoms with E-state index in [2.05, 4.69) is 39.6 Å². The topological polar surface area (TPSA) is 40.7 Å². The Bertz CT molecular complexity index is 708. The van der Waals surface area contributed by atoms with Gasteiger partial charge in [-0.25, -0.2) is 4.98 Å². The van der Waals surface area contributed by atoms with Gasteiger partial charge in [-0.3, -0.25) is 0 Å². The van der Waals surface area contributed by atoms with Gasteiger partial charge in [-0.05, 0) is 25.0 Å². The van der Waals surface area contributed by atoms with Gasteiger partial charge in [0, 0.05) is 23.0 Å². The molecular formula is C16H17N3S. The maximum atomic E-state index is 4.38. The maximum Gasteiger partial charge on any atom is 0.139 e. The van der Waals surface area contributed by atoms with Crippen molar-refractivity contribution in [2.75, 3.05) is 5.32 Å². The van der Waals surface area contributed by atoms with Crippen LogP contribution >= 0.6 is 11.3 Å². The van der Waals surface area contributed by atoms with Crippen molar-refractivity contribution in [1.29, 1.82) is 0 Å². The van der Waals surface area contributed by atoms with Gasteiger partial charge in [0.1, 0.15) is 5.01 Å².